The summed E-state index contributed by atoms with van der Waals surface area (Å²) in [4.78, 5) is 25.6. The Morgan fingerprint density at radius 2 is 1.77 bits per heavy atom. The molecule has 9 nitrogen and oxygen atoms in total. The largest absolute Gasteiger partial charge is 0.507 e. The number of rotatable bonds is 7. The zero-order chi connectivity index (χ0) is 29.3. The third-order valence-electron chi connectivity index (χ3n) is 7.42. The Bertz CT molecular complexity index is 1480. The molecule has 0 bridgehead atoms. The lowest BCUT2D eigenvalue weighted by Gasteiger charge is -2.41. The summed E-state index contributed by atoms with van der Waals surface area (Å²) in [6.07, 6.45) is 0.0649. The van der Waals surface area contributed by atoms with Gasteiger partial charge in [0.1, 0.15) is 40.4 Å². The highest BCUT2D eigenvalue weighted by Crippen LogP contribution is 2.41. The van der Waals surface area contributed by atoms with E-state index in [0.717, 1.165) is 11.6 Å². The van der Waals surface area contributed by atoms with Crippen molar-refractivity contribution in [1.82, 2.24) is 0 Å². The number of phenolic OH excluding ortho intramolecular Hbond substituents is 2. The molecule has 1 aliphatic rings. The van der Waals surface area contributed by atoms with Gasteiger partial charge in [-0.15, -0.1) is 0 Å². The first-order chi connectivity index (χ1) is 18.9. The van der Waals surface area contributed by atoms with Crippen LogP contribution in [-0.4, -0.2) is 46.7 Å². The highest BCUT2D eigenvalue weighted by molar-refractivity contribution is 5.91. The van der Waals surface area contributed by atoms with E-state index in [4.69, 9.17) is 18.6 Å². The Hall–Kier alpha value is -3.98. The first kappa shape index (κ1) is 29.0. The molecule has 3 N–H and O–H groups in total. The average Bonchev–Trinajstić information content (AvgIpc) is 2.90. The van der Waals surface area contributed by atoms with Crippen molar-refractivity contribution < 1.29 is 38.7 Å². The van der Waals surface area contributed by atoms with Crippen LogP contribution in [0.25, 0.3) is 22.3 Å². The average molecular weight is 553 g/mol. The van der Waals surface area contributed by atoms with Gasteiger partial charge >= 0.3 is 5.97 Å². The van der Waals surface area contributed by atoms with Crippen molar-refractivity contribution in [2.45, 2.75) is 65.8 Å². The summed E-state index contributed by atoms with van der Waals surface area (Å²) in [6, 6.07) is 7.93. The molecule has 1 aliphatic carbocycles. The number of fused-ring (bicyclic) bond motifs is 1. The van der Waals surface area contributed by atoms with E-state index in [1.807, 2.05) is 26.8 Å². The predicted octanol–water partition coefficient (Wildman–Crippen LogP) is 5.10. The van der Waals surface area contributed by atoms with Crippen LogP contribution in [0.5, 0.6) is 23.0 Å². The molecule has 0 radical (unpaired) electrons. The van der Waals surface area contributed by atoms with Crippen LogP contribution in [0.3, 0.4) is 0 Å². The van der Waals surface area contributed by atoms with Crippen molar-refractivity contribution in [2.75, 3.05) is 7.11 Å². The molecule has 1 heterocycles. The number of esters is 1. The van der Waals surface area contributed by atoms with Crippen LogP contribution in [0.1, 0.15) is 46.6 Å². The topological polar surface area (TPSA) is 136 Å². The molecule has 0 aliphatic heterocycles. The number of carbonyl (C=O) groups excluding carboxylic acids is 1. The monoisotopic (exact) mass is 552 g/mol. The second-order valence-electron chi connectivity index (χ2n) is 10.7. The molecule has 1 fully saturated rings. The predicted molar refractivity (Wildman–Crippen MR) is 150 cm³/mol. The maximum Gasteiger partial charge on any atom is 0.302 e. The first-order valence-corrected chi connectivity index (χ1v) is 13.3. The van der Waals surface area contributed by atoms with Crippen LogP contribution < -0.4 is 14.9 Å². The number of phenols is 2. The van der Waals surface area contributed by atoms with E-state index in [1.165, 1.54) is 14.0 Å². The lowest BCUT2D eigenvalue weighted by molar-refractivity contribution is -0.165. The van der Waals surface area contributed by atoms with Gasteiger partial charge in [-0.3, -0.25) is 9.59 Å². The minimum atomic E-state index is -1.05. The molecule has 0 spiro atoms. The van der Waals surface area contributed by atoms with Gasteiger partial charge in [-0.1, -0.05) is 25.5 Å². The van der Waals surface area contributed by atoms with Crippen molar-refractivity contribution in [3.05, 3.63) is 57.8 Å². The number of aromatic hydroxyl groups is 2. The molecule has 0 unspecified atom stereocenters. The van der Waals surface area contributed by atoms with E-state index in [0.29, 0.717) is 23.3 Å². The Morgan fingerprint density at radius 3 is 2.38 bits per heavy atom. The van der Waals surface area contributed by atoms with Gasteiger partial charge in [0.15, 0.2) is 5.76 Å². The fourth-order valence-electron chi connectivity index (χ4n) is 5.29. The molecule has 214 valence electrons. The second kappa shape index (κ2) is 11.6. The summed E-state index contributed by atoms with van der Waals surface area (Å²) in [6.45, 7) is 8.80. The molecule has 5 atom stereocenters. The molecule has 40 heavy (non-hydrogen) atoms. The summed E-state index contributed by atoms with van der Waals surface area (Å²) >= 11 is 0. The number of carbonyl (C=O) groups is 1. The van der Waals surface area contributed by atoms with E-state index in [9.17, 15) is 24.9 Å². The number of aliphatic hydroxyl groups is 1. The summed E-state index contributed by atoms with van der Waals surface area (Å²) in [5, 5.41) is 32.4. The van der Waals surface area contributed by atoms with Crippen LogP contribution in [0.4, 0.5) is 0 Å². The highest BCUT2D eigenvalue weighted by Gasteiger charge is 2.44. The van der Waals surface area contributed by atoms with Gasteiger partial charge in [-0.25, -0.2) is 0 Å². The summed E-state index contributed by atoms with van der Waals surface area (Å²) in [5.41, 5.74) is 1.24. The summed E-state index contributed by atoms with van der Waals surface area (Å²) < 4.78 is 23.3. The SMILES string of the molecule is COc1ccc(-c2oc3c(CC=C(C)C)c(O)cc(O)c3c(=O)c2O[C@@H]2C[C@@H](C)[C@H](OC(C)=O)[C@@H](C)[C@H]2O)cc1. The van der Waals surface area contributed by atoms with Crippen molar-refractivity contribution in [2.24, 2.45) is 11.8 Å². The molecular weight excluding hydrogens is 516 g/mol. The Kier molecular flexibility index (Phi) is 8.44. The van der Waals surface area contributed by atoms with E-state index in [-0.39, 0.29) is 40.6 Å². The molecule has 0 saturated heterocycles. The van der Waals surface area contributed by atoms with E-state index in [1.54, 1.807) is 31.2 Å². The number of ether oxygens (including phenoxy) is 3. The molecule has 3 aromatic rings. The number of methoxy groups -OCH3 is 1. The molecule has 4 rings (SSSR count). The number of hydrogen-bond donors (Lipinski definition) is 3. The van der Waals surface area contributed by atoms with Crippen LogP contribution in [0, 0.1) is 11.8 Å². The molecule has 2 aromatic carbocycles. The van der Waals surface area contributed by atoms with Gasteiger partial charge in [0.25, 0.3) is 0 Å². The van der Waals surface area contributed by atoms with Crippen molar-refractivity contribution in [3.63, 3.8) is 0 Å². The van der Waals surface area contributed by atoms with Gasteiger partial charge in [0.05, 0.1) is 13.2 Å². The van der Waals surface area contributed by atoms with Gasteiger partial charge in [0.2, 0.25) is 11.2 Å². The van der Waals surface area contributed by atoms with Gasteiger partial charge in [0, 0.05) is 30.0 Å². The van der Waals surface area contributed by atoms with Gasteiger partial charge in [-0.2, -0.15) is 0 Å². The van der Waals surface area contributed by atoms with Crippen LogP contribution in [0.2, 0.25) is 0 Å². The summed E-state index contributed by atoms with van der Waals surface area (Å²) in [7, 11) is 1.54. The lowest BCUT2D eigenvalue weighted by atomic mass is 9.76. The Balaban J connectivity index is 1.90. The number of aliphatic hydroxyl groups excluding tert-OH is 1. The van der Waals surface area contributed by atoms with Gasteiger partial charge < -0.3 is 33.9 Å². The highest BCUT2D eigenvalue weighted by atomic mass is 16.5. The normalized spacial score (nSPS) is 22.5. The zero-order valence-corrected chi connectivity index (χ0v) is 23.6. The molecule has 9 heteroatoms. The van der Waals surface area contributed by atoms with Crippen LogP contribution in [0.15, 0.2) is 51.2 Å². The first-order valence-electron chi connectivity index (χ1n) is 13.3. The van der Waals surface area contributed by atoms with Crippen LogP contribution in [-0.2, 0) is 16.0 Å². The van der Waals surface area contributed by atoms with Crippen LogP contribution >= 0.6 is 0 Å². The van der Waals surface area contributed by atoms with Crippen molar-refractivity contribution in [3.8, 4) is 34.3 Å². The quantitative estimate of drug-likeness (QED) is 0.270. The molecular formula is C31H36O9. The van der Waals surface area contributed by atoms with Gasteiger partial charge in [-0.05, 0) is 56.9 Å². The number of benzene rings is 2. The standard InChI is InChI=1S/C31H36O9/c1-15(2)7-12-21-22(33)14-23(34)25-27(36)31(29(40-30(21)25)19-8-10-20(37-6)11-9-19)39-24-13-16(3)28(38-18(5)32)17(4)26(24)35/h7-11,14,16-17,24,26,28,33-35H,12-13H2,1-6H3/t16-,17+,24-,26-,28+/m1/s1. The number of allylic oxidation sites excluding steroid dienone is 2. The third-order valence-corrected chi connectivity index (χ3v) is 7.42. The maximum atomic E-state index is 14.0. The minimum absolute atomic E-state index is 0.0408. The maximum absolute atomic E-state index is 14.0. The van der Waals surface area contributed by atoms with Crippen molar-refractivity contribution in [1.29, 1.82) is 0 Å². The number of hydrogen-bond acceptors (Lipinski definition) is 9. The molecule has 1 aromatic heterocycles. The van der Waals surface area contributed by atoms with Crippen molar-refractivity contribution >= 4 is 16.9 Å². The van der Waals surface area contributed by atoms with E-state index in [2.05, 4.69) is 0 Å². The second-order valence-corrected chi connectivity index (χ2v) is 10.7. The lowest BCUT2D eigenvalue weighted by Crippen LogP contribution is -2.51. The summed E-state index contributed by atoms with van der Waals surface area (Å²) in [5.74, 6) is -1.22. The molecule has 1 saturated carbocycles. The minimum Gasteiger partial charge on any atom is -0.507 e. The third kappa shape index (κ3) is 5.65. The van der Waals surface area contributed by atoms with E-state index >= 15 is 0 Å². The molecule has 0 amide bonds. The zero-order valence-electron chi connectivity index (χ0n) is 23.6. The Morgan fingerprint density at radius 1 is 1.10 bits per heavy atom. The fraction of sp³-hybridized carbons (Fsp3) is 0.419. The Labute approximate surface area is 232 Å². The fourth-order valence-corrected chi connectivity index (χ4v) is 5.29. The van der Waals surface area contributed by atoms with E-state index < -0.39 is 41.4 Å². The smallest absolute Gasteiger partial charge is 0.302 e.